The first-order valence-electron chi connectivity index (χ1n) is 3.84. The number of carbonyl (C=O) groups excluding carboxylic acids is 1. The molecule has 0 atom stereocenters. The van der Waals surface area contributed by atoms with E-state index in [2.05, 4.69) is 6.92 Å². The van der Waals surface area contributed by atoms with Crippen LogP contribution >= 0.6 is 0 Å². The van der Waals surface area contributed by atoms with Crippen LogP contribution < -0.4 is 0 Å². The molecule has 0 aliphatic carbocycles. The molecule has 0 fully saturated rings. The Morgan fingerprint density at radius 3 is 2.70 bits per heavy atom. The molecule has 2 nitrogen and oxygen atoms in total. The van der Waals surface area contributed by atoms with E-state index in [1.165, 1.54) is 19.3 Å². The molecule has 0 rings (SSSR count). The summed E-state index contributed by atoms with van der Waals surface area (Å²) in [6.07, 6.45) is 6.45. The van der Waals surface area contributed by atoms with Gasteiger partial charge in [-0.3, -0.25) is 4.79 Å². The van der Waals surface area contributed by atoms with Crippen molar-refractivity contribution in [2.24, 2.45) is 0 Å². The van der Waals surface area contributed by atoms with Crippen molar-refractivity contribution in [3.63, 3.8) is 0 Å². The Balaban J connectivity index is 2.70. The van der Waals surface area contributed by atoms with E-state index >= 15 is 0 Å². The zero-order valence-corrected chi connectivity index (χ0v) is 6.56. The maximum absolute atomic E-state index is 9.64. The van der Waals surface area contributed by atoms with Crippen LogP contribution in [0.2, 0.25) is 0 Å². The average Bonchev–Trinajstić information content (AvgIpc) is 1.97. The number of rotatable bonds is 7. The normalized spacial score (nSPS) is 9.70. The lowest BCUT2D eigenvalue weighted by atomic mass is 10.2. The summed E-state index contributed by atoms with van der Waals surface area (Å²) < 4.78 is 4.91. The smallest absolute Gasteiger partial charge is 0.226 e. The predicted molar refractivity (Wildman–Crippen MR) is 40.7 cm³/mol. The molecule has 0 bridgehead atoms. The van der Waals surface area contributed by atoms with Gasteiger partial charge < -0.3 is 4.74 Å². The highest BCUT2D eigenvalue weighted by molar-refractivity contribution is 5.51. The molecule has 0 aliphatic heterocycles. The first-order valence-corrected chi connectivity index (χ1v) is 3.84. The minimum atomic E-state index is 0.131. The van der Waals surface area contributed by atoms with Crippen molar-refractivity contribution in [1.29, 1.82) is 0 Å². The van der Waals surface area contributed by atoms with Crippen molar-refractivity contribution >= 4 is 6.29 Å². The first kappa shape index (κ1) is 9.63. The summed E-state index contributed by atoms with van der Waals surface area (Å²) in [5.41, 5.74) is 0. The van der Waals surface area contributed by atoms with Gasteiger partial charge in [0.2, 0.25) is 6.29 Å². The molecule has 2 heteroatoms. The monoisotopic (exact) mass is 143 g/mol. The minimum Gasteiger partial charge on any atom is -0.373 e. The molecule has 0 heterocycles. The Bertz CT molecular complexity index is 71.7. The third-order valence-corrected chi connectivity index (χ3v) is 1.30. The molecule has 0 saturated heterocycles. The van der Waals surface area contributed by atoms with E-state index in [1.54, 1.807) is 6.29 Å². The first-order chi connectivity index (χ1) is 4.91. The summed E-state index contributed by atoms with van der Waals surface area (Å²) in [4.78, 5) is 9.64. The van der Waals surface area contributed by atoms with Gasteiger partial charge in [0.05, 0.1) is 0 Å². The third kappa shape index (κ3) is 7.63. The number of unbranched alkanes of at least 4 members (excludes halogenated alkanes) is 3. The third-order valence-electron chi connectivity index (χ3n) is 1.30. The maximum Gasteiger partial charge on any atom is 0.226 e. The summed E-state index contributed by atoms with van der Waals surface area (Å²) in [5.74, 6) is 0. The molecule has 0 amide bonds. The van der Waals surface area contributed by atoms with Gasteiger partial charge in [-0.2, -0.15) is 0 Å². The zero-order chi connectivity index (χ0) is 7.66. The second-order valence-corrected chi connectivity index (χ2v) is 2.26. The van der Waals surface area contributed by atoms with Crippen LogP contribution in [0.1, 0.15) is 32.6 Å². The SMILES string of the molecule is CCCCCCOC[C]=O. The van der Waals surface area contributed by atoms with Crippen LogP contribution in [-0.4, -0.2) is 19.5 Å². The van der Waals surface area contributed by atoms with E-state index in [1.807, 2.05) is 0 Å². The molecule has 1 radical (unpaired) electrons. The van der Waals surface area contributed by atoms with Gasteiger partial charge >= 0.3 is 0 Å². The van der Waals surface area contributed by atoms with Crippen molar-refractivity contribution in [3.8, 4) is 0 Å². The van der Waals surface area contributed by atoms with Crippen molar-refractivity contribution in [1.82, 2.24) is 0 Å². The molecule has 0 aromatic carbocycles. The van der Waals surface area contributed by atoms with Gasteiger partial charge in [0.15, 0.2) is 0 Å². The molecule has 0 unspecified atom stereocenters. The lowest BCUT2D eigenvalue weighted by Gasteiger charge is -1.97. The van der Waals surface area contributed by atoms with Crippen LogP contribution in [0, 0.1) is 0 Å². The lowest BCUT2D eigenvalue weighted by Crippen LogP contribution is -1.96. The maximum atomic E-state index is 9.64. The molecule has 0 saturated carbocycles. The summed E-state index contributed by atoms with van der Waals surface area (Å²) in [7, 11) is 0. The Hall–Kier alpha value is -0.370. The quantitative estimate of drug-likeness (QED) is 0.507. The van der Waals surface area contributed by atoms with Crippen molar-refractivity contribution in [3.05, 3.63) is 0 Å². The van der Waals surface area contributed by atoms with Crippen LogP contribution in [0.25, 0.3) is 0 Å². The number of ether oxygens (including phenoxy) is 1. The molecule has 0 aromatic rings. The van der Waals surface area contributed by atoms with Crippen LogP contribution in [0.15, 0.2) is 0 Å². The number of hydrogen-bond acceptors (Lipinski definition) is 2. The van der Waals surface area contributed by atoms with Gasteiger partial charge in [-0.1, -0.05) is 26.2 Å². The zero-order valence-electron chi connectivity index (χ0n) is 6.56. The fraction of sp³-hybridized carbons (Fsp3) is 0.875. The fourth-order valence-electron chi connectivity index (χ4n) is 0.745. The summed E-state index contributed by atoms with van der Waals surface area (Å²) in [6, 6.07) is 0. The molecular formula is C8H15O2. The van der Waals surface area contributed by atoms with E-state index < -0.39 is 0 Å². The Kier molecular flexibility index (Phi) is 8.31. The Morgan fingerprint density at radius 2 is 2.10 bits per heavy atom. The molecule has 0 aromatic heterocycles. The fourth-order valence-corrected chi connectivity index (χ4v) is 0.745. The molecule has 59 valence electrons. The highest BCUT2D eigenvalue weighted by Crippen LogP contribution is 1.97. The molecule has 0 aliphatic rings. The van der Waals surface area contributed by atoms with E-state index in [9.17, 15) is 4.79 Å². The largest absolute Gasteiger partial charge is 0.373 e. The van der Waals surface area contributed by atoms with Gasteiger partial charge in [-0.15, -0.1) is 0 Å². The second-order valence-electron chi connectivity index (χ2n) is 2.26. The highest BCUT2D eigenvalue weighted by atomic mass is 16.5. The van der Waals surface area contributed by atoms with Crippen LogP contribution in [0.5, 0.6) is 0 Å². The van der Waals surface area contributed by atoms with Gasteiger partial charge in [-0.25, -0.2) is 0 Å². The second kappa shape index (κ2) is 8.63. The Labute approximate surface area is 62.6 Å². The van der Waals surface area contributed by atoms with E-state index in [-0.39, 0.29) is 6.61 Å². The van der Waals surface area contributed by atoms with Crippen molar-refractivity contribution in [2.75, 3.05) is 13.2 Å². The summed E-state index contributed by atoms with van der Waals surface area (Å²) in [5, 5.41) is 0. The van der Waals surface area contributed by atoms with Crippen LogP contribution in [0.3, 0.4) is 0 Å². The summed E-state index contributed by atoms with van der Waals surface area (Å²) in [6.45, 7) is 3.00. The van der Waals surface area contributed by atoms with Crippen LogP contribution in [-0.2, 0) is 9.53 Å². The van der Waals surface area contributed by atoms with E-state index in [0.717, 1.165) is 6.42 Å². The van der Waals surface area contributed by atoms with E-state index in [0.29, 0.717) is 6.61 Å². The van der Waals surface area contributed by atoms with E-state index in [4.69, 9.17) is 4.74 Å². The van der Waals surface area contributed by atoms with Gasteiger partial charge in [0.25, 0.3) is 0 Å². The molecule has 10 heavy (non-hydrogen) atoms. The molecule has 0 spiro atoms. The van der Waals surface area contributed by atoms with Crippen molar-refractivity contribution in [2.45, 2.75) is 32.6 Å². The highest BCUT2D eigenvalue weighted by Gasteiger charge is 1.87. The Morgan fingerprint density at radius 1 is 1.30 bits per heavy atom. The predicted octanol–water partition coefficient (Wildman–Crippen LogP) is 1.69. The number of hydrogen-bond donors (Lipinski definition) is 0. The summed E-state index contributed by atoms with van der Waals surface area (Å²) >= 11 is 0. The van der Waals surface area contributed by atoms with Gasteiger partial charge in [0.1, 0.15) is 6.61 Å². The molecular weight excluding hydrogens is 128 g/mol. The standard InChI is InChI=1S/C8H15O2/c1-2-3-4-5-7-10-8-6-9/h2-5,7-8H2,1H3. The molecule has 0 N–H and O–H groups in total. The lowest BCUT2D eigenvalue weighted by molar-refractivity contribution is 0.164. The van der Waals surface area contributed by atoms with Gasteiger partial charge in [0, 0.05) is 6.61 Å². The average molecular weight is 143 g/mol. The minimum absolute atomic E-state index is 0.131. The van der Waals surface area contributed by atoms with Crippen LogP contribution in [0.4, 0.5) is 0 Å². The topological polar surface area (TPSA) is 26.3 Å². The van der Waals surface area contributed by atoms with Crippen molar-refractivity contribution < 1.29 is 9.53 Å². The van der Waals surface area contributed by atoms with Gasteiger partial charge in [-0.05, 0) is 6.42 Å².